The SMILES string of the molecule is O=S(=O)(CCO)CSO. The second-order valence-electron chi connectivity index (χ2n) is 1.42. The average molecular weight is 172 g/mol. The highest BCUT2D eigenvalue weighted by molar-refractivity contribution is 8.09. The Kier molecular flexibility index (Phi) is 4.20. The molecule has 0 unspecified atom stereocenters. The van der Waals surface area contributed by atoms with Crippen LogP contribution >= 0.6 is 12.0 Å². The molecule has 0 aromatic carbocycles. The van der Waals surface area contributed by atoms with Gasteiger partial charge in [-0.25, -0.2) is 8.42 Å². The zero-order valence-corrected chi connectivity index (χ0v) is 6.28. The molecule has 0 amide bonds. The third-order valence-corrected chi connectivity index (χ3v) is 3.30. The molecule has 9 heavy (non-hydrogen) atoms. The third-order valence-electron chi connectivity index (χ3n) is 0.635. The minimum atomic E-state index is -3.22. The van der Waals surface area contributed by atoms with Crippen LogP contribution in [0.15, 0.2) is 0 Å². The molecule has 4 nitrogen and oxygen atoms in total. The molecule has 0 radical (unpaired) electrons. The molecule has 0 heterocycles. The maximum atomic E-state index is 10.5. The monoisotopic (exact) mass is 172 g/mol. The predicted octanol–water partition coefficient (Wildman–Crippen LogP) is -0.443. The Bertz CT molecular complexity index is 137. The van der Waals surface area contributed by atoms with Crippen molar-refractivity contribution >= 4 is 21.9 Å². The Hall–Kier alpha value is 0.220. The molecule has 0 aromatic heterocycles. The van der Waals surface area contributed by atoms with E-state index in [1.54, 1.807) is 0 Å². The number of hydrogen-bond donors (Lipinski definition) is 2. The van der Waals surface area contributed by atoms with Gasteiger partial charge in [0.15, 0.2) is 9.84 Å². The van der Waals surface area contributed by atoms with Gasteiger partial charge >= 0.3 is 0 Å². The van der Waals surface area contributed by atoms with Crippen LogP contribution in [0.25, 0.3) is 0 Å². The Morgan fingerprint density at radius 3 is 2.33 bits per heavy atom. The van der Waals surface area contributed by atoms with E-state index in [1.807, 2.05) is 0 Å². The van der Waals surface area contributed by atoms with E-state index in [1.165, 1.54) is 0 Å². The molecular weight excluding hydrogens is 164 g/mol. The van der Waals surface area contributed by atoms with Crippen molar-refractivity contribution in [2.45, 2.75) is 0 Å². The molecule has 0 aromatic rings. The summed E-state index contributed by atoms with van der Waals surface area (Å²) in [7, 11) is -3.22. The van der Waals surface area contributed by atoms with Crippen LogP contribution in [-0.2, 0) is 9.84 Å². The Morgan fingerprint density at radius 1 is 1.44 bits per heavy atom. The van der Waals surface area contributed by atoms with Gasteiger partial charge in [0, 0.05) is 12.0 Å². The van der Waals surface area contributed by atoms with E-state index < -0.39 is 9.84 Å². The van der Waals surface area contributed by atoms with Crippen molar-refractivity contribution in [3.8, 4) is 0 Å². The first kappa shape index (κ1) is 9.22. The fourth-order valence-corrected chi connectivity index (χ4v) is 1.67. The summed E-state index contributed by atoms with van der Waals surface area (Å²) in [6.45, 7) is -0.386. The zero-order valence-electron chi connectivity index (χ0n) is 4.65. The maximum absolute atomic E-state index is 10.5. The van der Waals surface area contributed by atoms with E-state index >= 15 is 0 Å². The summed E-state index contributed by atoms with van der Waals surface area (Å²) in [5.74, 6) is -0.277. The van der Waals surface area contributed by atoms with Gasteiger partial charge in [0.25, 0.3) is 0 Å². The Morgan fingerprint density at radius 2 is 2.00 bits per heavy atom. The van der Waals surface area contributed by atoms with Crippen molar-refractivity contribution in [2.75, 3.05) is 17.4 Å². The van der Waals surface area contributed by atoms with E-state index in [4.69, 9.17) is 9.66 Å². The van der Waals surface area contributed by atoms with Crippen LogP contribution < -0.4 is 0 Å². The van der Waals surface area contributed by atoms with Gasteiger partial charge in [-0.3, -0.25) is 0 Å². The van der Waals surface area contributed by atoms with Gasteiger partial charge in [-0.15, -0.1) is 0 Å². The molecule has 0 aliphatic heterocycles. The van der Waals surface area contributed by atoms with E-state index in [0.29, 0.717) is 0 Å². The van der Waals surface area contributed by atoms with Crippen LogP contribution in [0.4, 0.5) is 0 Å². The lowest BCUT2D eigenvalue weighted by molar-refractivity contribution is 0.320. The summed E-state index contributed by atoms with van der Waals surface area (Å²) in [5, 5.41) is 7.82. The van der Waals surface area contributed by atoms with Crippen molar-refractivity contribution in [2.24, 2.45) is 0 Å². The van der Waals surface area contributed by atoms with Crippen LogP contribution in [0.2, 0.25) is 0 Å². The molecule has 0 aliphatic rings. The average Bonchev–Trinajstić information content (AvgIpc) is 1.64. The molecular formula is C3H8O4S2. The summed E-state index contributed by atoms with van der Waals surface area (Å²) < 4.78 is 29.1. The van der Waals surface area contributed by atoms with Crippen LogP contribution in [-0.4, -0.2) is 35.5 Å². The zero-order chi connectivity index (χ0) is 7.33. The highest BCUT2D eigenvalue weighted by atomic mass is 32.3. The second-order valence-corrected chi connectivity index (χ2v) is 4.51. The van der Waals surface area contributed by atoms with E-state index in [9.17, 15) is 8.42 Å². The summed E-state index contributed by atoms with van der Waals surface area (Å²) in [6, 6.07) is 0. The number of hydrogen-bond acceptors (Lipinski definition) is 5. The first-order chi connectivity index (χ1) is 4.12. The minimum absolute atomic E-state index is 0.249. The van der Waals surface area contributed by atoms with Gasteiger partial charge in [0.1, 0.15) is 5.08 Å². The molecule has 0 spiro atoms. The summed E-state index contributed by atoms with van der Waals surface area (Å²) >= 11 is 0.249. The lowest BCUT2D eigenvalue weighted by atomic mass is 10.9. The maximum Gasteiger partial charge on any atom is 0.164 e. The number of rotatable bonds is 4. The number of sulfone groups is 1. The molecule has 0 rings (SSSR count). The molecule has 0 bridgehead atoms. The molecule has 0 saturated heterocycles. The van der Waals surface area contributed by atoms with Crippen molar-refractivity contribution in [3.63, 3.8) is 0 Å². The van der Waals surface area contributed by atoms with E-state index in [-0.39, 0.29) is 29.5 Å². The highest BCUT2D eigenvalue weighted by Crippen LogP contribution is 1.99. The van der Waals surface area contributed by atoms with Crippen LogP contribution in [0.3, 0.4) is 0 Å². The molecule has 0 fully saturated rings. The normalized spacial score (nSPS) is 11.8. The Balaban J connectivity index is 3.73. The first-order valence-corrected chi connectivity index (χ1v) is 4.96. The van der Waals surface area contributed by atoms with Crippen molar-refractivity contribution in [3.05, 3.63) is 0 Å². The fourth-order valence-electron chi connectivity index (χ4n) is 0.278. The van der Waals surface area contributed by atoms with Crippen molar-refractivity contribution < 1.29 is 18.1 Å². The topological polar surface area (TPSA) is 74.6 Å². The standard InChI is InChI=1S/C3H8O4S2/c4-1-2-9(6,7)3-8-5/h4-5H,1-3H2. The summed E-state index contributed by atoms with van der Waals surface area (Å²) in [5.41, 5.74) is 0. The molecule has 0 aliphatic carbocycles. The van der Waals surface area contributed by atoms with Gasteiger partial charge in [-0.2, -0.15) is 0 Å². The van der Waals surface area contributed by atoms with Crippen LogP contribution in [0.1, 0.15) is 0 Å². The van der Waals surface area contributed by atoms with Gasteiger partial charge in [0.2, 0.25) is 0 Å². The highest BCUT2D eigenvalue weighted by Gasteiger charge is 2.07. The second kappa shape index (κ2) is 4.10. The number of aliphatic hydroxyl groups is 1. The lowest BCUT2D eigenvalue weighted by Gasteiger charge is -1.95. The van der Waals surface area contributed by atoms with Crippen molar-refractivity contribution in [1.29, 1.82) is 0 Å². The quantitative estimate of drug-likeness (QED) is 0.562. The first-order valence-electron chi connectivity index (χ1n) is 2.20. The fraction of sp³-hybridized carbons (Fsp3) is 1.00. The third kappa shape index (κ3) is 4.71. The summed E-state index contributed by atoms with van der Waals surface area (Å²) in [4.78, 5) is 0. The van der Waals surface area contributed by atoms with Gasteiger partial charge in [0.05, 0.1) is 12.4 Å². The van der Waals surface area contributed by atoms with E-state index in [2.05, 4.69) is 0 Å². The van der Waals surface area contributed by atoms with Crippen LogP contribution in [0, 0.1) is 0 Å². The Labute approximate surface area is 58.0 Å². The number of aliphatic hydroxyl groups excluding tert-OH is 1. The summed E-state index contributed by atoms with van der Waals surface area (Å²) in [6.07, 6.45) is 0. The molecule has 56 valence electrons. The molecule has 6 heteroatoms. The van der Waals surface area contributed by atoms with E-state index in [0.717, 1.165) is 0 Å². The van der Waals surface area contributed by atoms with Crippen molar-refractivity contribution in [1.82, 2.24) is 0 Å². The smallest absolute Gasteiger partial charge is 0.164 e. The molecule has 0 saturated carbocycles. The predicted molar refractivity (Wildman–Crippen MR) is 36.0 cm³/mol. The van der Waals surface area contributed by atoms with Gasteiger partial charge < -0.3 is 9.66 Å². The molecule has 2 N–H and O–H groups in total. The molecule has 0 atom stereocenters. The minimum Gasteiger partial charge on any atom is -0.395 e. The van der Waals surface area contributed by atoms with Gasteiger partial charge in [-0.1, -0.05) is 0 Å². The van der Waals surface area contributed by atoms with Gasteiger partial charge in [-0.05, 0) is 0 Å². The lowest BCUT2D eigenvalue weighted by Crippen LogP contribution is -2.11. The van der Waals surface area contributed by atoms with Crippen LogP contribution in [0.5, 0.6) is 0 Å². The largest absolute Gasteiger partial charge is 0.395 e.